The van der Waals surface area contributed by atoms with E-state index in [0.717, 1.165) is 6.42 Å². The molecule has 0 bridgehead atoms. The fraction of sp³-hybridized carbons (Fsp3) is 0.667. The van der Waals surface area contributed by atoms with Gasteiger partial charge in [0.15, 0.2) is 0 Å². The van der Waals surface area contributed by atoms with E-state index in [1.54, 1.807) is 0 Å². The highest BCUT2D eigenvalue weighted by atomic mass is 16.1. The molecule has 0 aromatic rings. The fourth-order valence-electron chi connectivity index (χ4n) is 1.07. The SMILES string of the molecule is C=CC(=O)NCCCC(=O)C(C)(C)CC. The van der Waals surface area contributed by atoms with E-state index < -0.39 is 0 Å². The van der Waals surface area contributed by atoms with Crippen molar-refractivity contribution in [3.05, 3.63) is 12.7 Å². The minimum atomic E-state index is -0.234. The average Bonchev–Trinajstić information content (AvgIpc) is 2.23. The van der Waals surface area contributed by atoms with Crippen LogP contribution in [0.5, 0.6) is 0 Å². The summed E-state index contributed by atoms with van der Waals surface area (Å²) in [5, 5.41) is 2.65. The summed E-state index contributed by atoms with van der Waals surface area (Å²) in [7, 11) is 0. The molecule has 0 saturated heterocycles. The molecule has 0 fully saturated rings. The Balaban J connectivity index is 3.73. The third-order valence-electron chi connectivity index (χ3n) is 2.70. The molecular weight excluding hydrogens is 190 g/mol. The first kappa shape index (κ1) is 13.9. The van der Waals surface area contributed by atoms with Gasteiger partial charge in [0, 0.05) is 18.4 Å². The topological polar surface area (TPSA) is 46.2 Å². The zero-order chi connectivity index (χ0) is 11.9. The number of Topliss-reactive ketones (excluding diaryl/α,β-unsaturated/α-hetero) is 1. The molecular formula is C12H21NO2. The summed E-state index contributed by atoms with van der Waals surface area (Å²) in [6.07, 6.45) is 3.31. The number of amides is 1. The van der Waals surface area contributed by atoms with E-state index in [1.807, 2.05) is 20.8 Å². The maximum absolute atomic E-state index is 11.7. The second-order valence-electron chi connectivity index (χ2n) is 4.26. The van der Waals surface area contributed by atoms with E-state index in [-0.39, 0.29) is 17.1 Å². The highest BCUT2D eigenvalue weighted by molar-refractivity contribution is 5.87. The van der Waals surface area contributed by atoms with Gasteiger partial charge in [0.05, 0.1) is 0 Å². The van der Waals surface area contributed by atoms with E-state index in [0.29, 0.717) is 19.4 Å². The lowest BCUT2D eigenvalue weighted by Gasteiger charge is -2.20. The van der Waals surface area contributed by atoms with Gasteiger partial charge >= 0.3 is 0 Å². The fourth-order valence-corrected chi connectivity index (χ4v) is 1.07. The average molecular weight is 211 g/mol. The van der Waals surface area contributed by atoms with Crippen LogP contribution in [0.15, 0.2) is 12.7 Å². The molecule has 0 aliphatic heterocycles. The van der Waals surface area contributed by atoms with Gasteiger partial charge in [0.1, 0.15) is 5.78 Å². The summed E-state index contributed by atoms with van der Waals surface area (Å²) in [5.74, 6) is 0.0788. The maximum atomic E-state index is 11.7. The Labute approximate surface area is 91.9 Å². The molecule has 0 spiro atoms. The van der Waals surface area contributed by atoms with Gasteiger partial charge in [-0.15, -0.1) is 0 Å². The Morgan fingerprint density at radius 1 is 1.40 bits per heavy atom. The first-order valence-electron chi connectivity index (χ1n) is 5.37. The van der Waals surface area contributed by atoms with Crippen LogP contribution in [0, 0.1) is 5.41 Å². The summed E-state index contributed by atoms with van der Waals surface area (Å²) in [6, 6.07) is 0. The molecule has 0 atom stereocenters. The van der Waals surface area contributed by atoms with E-state index in [1.165, 1.54) is 6.08 Å². The van der Waals surface area contributed by atoms with Crippen molar-refractivity contribution in [3.8, 4) is 0 Å². The minimum absolute atomic E-state index is 0.183. The Hall–Kier alpha value is -1.12. The van der Waals surface area contributed by atoms with Crippen molar-refractivity contribution in [1.29, 1.82) is 0 Å². The normalized spacial score (nSPS) is 10.9. The summed E-state index contributed by atoms with van der Waals surface area (Å²) in [4.78, 5) is 22.5. The van der Waals surface area contributed by atoms with Crippen LogP contribution in [-0.4, -0.2) is 18.2 Å². The molecule has 3 nitrogen and oxygen atoms in total. The number of carbonyl (C=O) groups is 2. The Bertz CT molecular complexity index is 244. The molecule has 0 aromatic carbocycles. The number of nitrogens with one attached hydrogen (secondary N) is 1. The third-order valence-corrected chi connectivity index (χ3v) is 2.70. The zero-order valence-corrected chi connectivity index (χ0v) is 9.93. The smallest absolute Gasteiger partial charge is 0.243 e. The monoisotopic (exact) mass is 211 g/mol. The maximum Gasteiger partial charge on any atom is 0.243 e. The molecule has 3 heteroatoms. The number of carbonyl (C=O) groups excluding carboxylic acids is 2. The van der Waals surface area contributed by atoms with E-state index in [9.17, 15) is 9.59 Å². The highest BCUT2D eigenvalue weighted by Gasteiger charge is 2.23. The quantitative estimate of drug-likeness (QED) is 0.517. The molecule has 0 heterocycles. The lowest BCUT2D eigenvalue weighted by atomic mass is 9.83. The predicted molar refractivity (Wildman–Crippen MR) is 61.5 cm³/mol. The number of hydrogen-bond acceptors (Lipinski definition) is 2. The molecule has 0 rings (SSSR count). The van der Waals surface area contributed by atoms with E-state index >= 15 is 0 Å². The number of ketones is 1. The van der Waals surface area contributed by atoms with Crippen molar-refractivity contribution in [2.75, 3.05) is 6.54 Å². The Morgan fingerprint density at radius 2 is 2.00 bits per heavy atom. The van der Waals surface area contributed by atoms with E-state index in [4.69, 9.17) is 0 Å². The highest BCUT2D eigenvalue weighted by Crippen LogP contribution is 2.22. The zero-order valence-electron chi connectivity index (χ0n) is 9.93. The largest absolute Gasteiger partial charge is 0.353 e. The molecule has 15 heavy (non-hydrogen) atoms. The van der Waals surface area contributed by atoms with Crippen molar-refractivity contribution in [3.63, 3.8) is 0 Å². The van der Waals surface area contributed by atoms with Crippen LogP contribution in [0.25, 0.3) is 0 Å². The first-order valence-corrected chi connectivity index (χ1v) is 5.37. The van der Waals surface area contributed by atoms with Crippen molar-refractivity contribution in [1.82, 2.24) is 5.32 Å². The van der Waals surface area contributed by atoms with E-state index in [2.05, 4.69) is 11.9 Å². The Morgan fingerprint density at radius 3 is 2.47 bits per heavy atom. The van der Waals surface area contributed by atoms with Gasteiger partial charge in [0.25, 0.3) is 0 Å². The summed E-state index contributed by atoms with van der Waals surface area (Å²) >= 11 is 0. The molecule has 0 unspecified atom stereocenters. The standard InChI is InChI=1S/C12H21NO2/c1-5-11(15)13-9-7-8-10(14)12(3,4)6-2/h5H,1,6-9H2,2-4H3,(H,13,15). The van der Waals surface area contributed by atoms with Crippen LogP contribution in [0.3, 0.4) is 0 Å². The van der Waals surface area contributed by atoms with Crippen LogP contribution >= 0.6 is 0 Å². The Kier molecular flexibility index (Phi) is 5.90. The number of rotatable bonds is 7. The molecule has 86 valence electrons. The molecule has 1 N–H and O–H groups in total. The molecule has 0 aliphatic rings. The van der Waals surface area contributed by atoms with Crippen molar-refractivity contribution >= 4 is 11.7 Å². The number of hydrogen-bond donors (Lipinski definition) is 1. The van der Waals surface area contributed by atoms with Crippen molar-refractivity contribution in [2.45, 2.75) is 40.0 Å². The predicted octanol–water partition coefficient (Wildman–Crippen LogP) is 2.07. The van der Waals surface area contributed by atoms with Gasteiger partial charge in [-0.05, 0) is 18.9 Å². The van der Waals surface area contributed by atoms with Gasteiger partial charge in [-0.1, -0.05) is 27.4 Å². The van der Waals surface area contributed by atoms with Gasteiger partial charge in [-0.2, -0.15) is 0 Å². The third kappa shape index (κ3) is 5.35. The molecule has 0 aromatic heterocycles. The van der Waals surface area contributed by atoms with Crippen LogP contribution in [0.4, 0.5) is 0 Å². The van der Waals surface area contributed by atoms with Gasteiger partial charge in [-0.25, -0.2) is 0 Å². The molecule has 0 saturated carbocycles. The van der Waals surface area contributed by atoms with Gasteiger partial charge in [-0.3, -0.25) is 9.59 Å². The minimum Gasteiger partial charge on any atom is -0.353 e. The summed E-state index contributed by atoms with van der Waals surface area (Å²) in [5.41, 5.74) is -0.234. The second-order valence-corrected chi connectivity index (χ2v) is 4.26. The molecule has 1 amide bonds. The van der Waals surface area contributed by atoms with Crippen LogP contribution in [0.2, 0.25) is 0 Å². The summed E-state index contributed by atoms with van der Waals surface area (Å²) < 4.78 is 0. The molecule has 0 radical (unpaired) electrons. The lowest BCUT2D eigenvalue weighted by Crippen LogP contribution is -2.26. The van der Waals surface area contributed by atoms with Crippen LogP contribution < -0.4 is 5.32 Å². The van der Waals surface area contributed by atoms with Gasteiger partial charge in [0.2, 0.25) is 5.91 Å². The van der Waals surface area contributed by atoms with Gasteiger partial charge < -0.3 is 5.32 Å². The summed E-state index contributed by atoms with van der Waals surface area (Å²) in [6.45, 7) is 9.81. The molecule has 0 aliphatic carbocycles. The van der Waals surface area contributed by atoms with Crippen LogP contribution in [-0.2, 0) is 9.59 Å². The first-order chi connectivity index (χ1) is 6.94. The lowest BCUT2D eigenvalue weighted by molar-refractivity contribution is -0.127. The van der Waals surface area contributed by atoms with Crippen molar-refractivity contribution in [2.24, 2.45) is 5.41 Å². The second kappa shape index (κ2) is 6.38. The van der Waals surface area contributed by atoms with Crippen LogP contribution in [0.1, 0.15) is 40.0 Å². The van der Waals surface area contributed by atoms with Crippen molar-refractivity contribution < 1.29 is 9.59 Å².